The molecule has 4 nitrogen and oxygen atoms in total. The number of hydrogen-bond donors (Lipinski definition) is 1. The van der Waals surface area contributed by atoms with Crippen molar-refractivity contribution in [2.75, 3.05) is 5.73 Å². The number of anilines is 1. The summed E-state index contributed by atoms with van der Waals surface area (Å²) >= 11 is 0. The van der Waals surface area contributed by atoms with Crippen LogP contribution in [0.4, 0.5) is 5.69 Å². The Labute approximate surface area is 94.0 Å². The molecule has 0 bridgehead atoms. The highest BCUT2D eigenvalue weighted by Gasteiger charge is 2.19. The van der Waals surface area contributed by atoms with E-state index in [2.05, 4.69) is 5.10 Å². The van der Waals surface area contributed by atoms with Gasteiger partial charge < -0.3 is 10.2 Å². The zero-order chi connectivity index (χ0) is 11.0. The second-order valence-corrected chi connectivity index (χ2v) is 4.36. The van der Waals surface area contributed by atoms with E-state index < -0.39 is 0 Å². The molecule has 0 spiro atoms. The summed E-state index contributed by atoms with van der Waals surface area (Å²) in [5, 5.41) is 4.57. The largest absolute Gasteiger partial charge is 0.472 e. The van der Waals surface area contributed by atoms with Gasteiger partial charge in [0.1, 0.15) is 5.69 Å². The second kappa shape index (κ2) is 3.70. The maximum Gasteiger partial charge on any atom is 0.118 e. The Morgan fingerprint density at radius 1 is 1.38 bits per heavy atom. The fraction of sp³-hybridized carbons (Fsp3) is 0.417. The van der Waals surface area contributed by atoms with Gasteiger partial charge in [-0.2, -0.15) is 5.10 Å². The van der Waals surface area contributed by atoms with Crippen molar-refractivity contribution in [1.82, 2.24) is 9.78 Å². The van der Waals surface area contributed by atoms with Crippen molar-refractivity contribution in [2.24, 2.45) is 0 Å². The summed E-state index contributed by atoms with van der Waals surface area (Å²) < 4.78 is 7.07. The van der Waals surface area contributed by atoms with Gasteiger partial charge in [-0.15, -0.1) is 0 Å². The summed E-state index contributed by atoms with van der Waals surface area (Å²) in [6, 6.07) is 2.42. The van der Waals surface area contributed by atoms with E-state index in [1.807, 2.05) is 16.9 Å². The smallest absolute Gasteiger partial charge is 0.118 e. The number of rotatable bonds is 2. The fourth-order valence-corrected chi connectivity index (χ4v) is 2.39. The third kappa shape index (κ3) is 1.50. The number of nitrogen functional groups attached to an aromatic ring is 1. The number of nitrogens with two attached hydrogens (primary N) is 1. The quantitative estimate of drug-likeness (QED) is 0.841. The first-order valence-corrected chi connectivity index (χ1v) is 5.72. The summed E-state index contributed by atoms with van der Waals surface area (Å²) in [5.41, 5.74) is 8.49. The lowest BCUT2D eigenvalue weighted by atomic mass is 10.2. The van der Waals surface area contributed by atoms with E-state index in [-0.39, 0.29) is 0 Å². The molecule has 0 radical (unpaired) electrons. The van der Waals surface area contributed by atoms with Crippen molar-refractivity contribution in [2.45, 2.75) is 31.7 Å². The standard InChI is InChI=1S/C12H15N3O/c13-11-7-15(10-3-1-2-4-10)14-12(11)9-5-6-16-8-9/h5-8,10H,1-4,13H2. The van der Waals surface area contributed by atoms with Crippen LogP contribution in [0, 0.1) is 0 Å². The molecular weight excluding hydrogens is 202 g/mol. The van der Waals surface area contributed by atoms with Gasteiger partial charge in [0.25, 0.3) is 0 Å². The molecule has 0 amide bonds. The Morgan fingerprint density at radius 3 is 2.88 bits per heavy atom. The summed E-state index contributed by atoms with van der Waals surface area (Å²) in [4.78, 5) is 0. The van der Waals surface area contributed by atoms with Gasteiger partial charge in [-0.25, -0.2) is 0 Å². The van der Waals surface area contributed by atoms with E-state index in [0.29, 0.717) is 6.04 Å². The highest BCUT2D eigenvalue weighted by molar-refractivity contribution is 5.70. The predicted molar refractivity (Wildman–Crippen MR) is 61.8 cm³/mol. The Kier molecular flexibility index (Phi) is 2.20. The zero-order valence-corrected chi connectivity index (χ0v) is 9.10. The van der Waals surface area contributed by atoms with Gasteiger partial charge in [-0.05, 0) is 18.9 Å². The van der Waals surface area contributed by atoms with Crippen LogP contribution in [0.2, 0.25) is 0 Å². The lowest BCUT2D eigenvalue weighted by Crippen LogP contribution is -2.04. The first-order chi connectivity index (χ1) is 7.84. The average Bonchev–Trinajstić information content (AvgIpc) is 2.97. The van der Waals surface area contributed by atoms with E-state index in [1.54, 1.807) is 12.5 Å². The van der Waals surface area contributed by atoms with E-state index in [0.717, 1.165) is 16.9 Å². The van der Waals surface area contributed by atoms with Crippen molar-refractivity contribution < 1.29 is 4.42 Å². The normalized spacial score (nSPS) is 17.0. The molecule has 0 unspecified atom stereocenters. The molecule has 3 rings (SSSR count). The number of hydrogen-bond acceptors (Lipinski definition) is 3. The van der Waals surface area contributed by atoms with Crippen molar-refractivity contribution in [3.8, 4) is 11.3 Å². The van der Waals surface area contributed by atoms with Crippen molar-refractivity contribution in [1.29, 1.82) is 0 Å². The molecule has 16 heavy (non-hydrogen) atoms. The lowest BCUT2D eigenvalue weighted by Gasteiger charge is -2.08. The van der Waals surface area contributed by atoms with Crippen LogP contribution in [0.1, 0.15) is 31.7 Å². The number of aromatic nitrogens is 2. The van der Waals surface area contributed by atoms with Crippen molar-refractivity contribution in [3.63, 3.8) is 0 Å². The van der Waals surface area contributed by atoms with Crippen LogP contribution in [0.3, 0.4) is 0 Å². The van der Waals surface area contributed by atoms with E-state index in [1.165, 1.54) is 25.7 Å². The third-order valence-electron chi connectivity index (χ3n) is 3.25. The highest BCUT2D eigenvalue weighted by atomic mass is 16.3. The average molecular weight is 217 g/mol. The Morgan fingerprint density at radius 2 is 2.19 bits per heavy atom. The van der Waals surface area contributed by atoms with Gasteiger partial charge >= 0.3 is 0 Å². The minimum absolute atomic E-state index is 0.531. The van der Waals surface area contributed by atoms with E-state index >= 15 is 0 Å². The molecule has 0 aromatic carbocycles. The van der Waals surface area contributed by atoms with Crippen molar-refractivity contribution >= 4 is 5.69 Å². The molecule has 0 saturated heterocycles. The number of nitrogens with zero attached hydrogens (tertiary/aromatic N) is 2. The summed E-state index contributed by atoms with van der Waals surface area (Å²) in [5.74, 6) is 0. The van der Waals surface area contributed by atoms with Crippen LogP contribution < -0.4 is 5.73 Å². The van der Waals surface area contributed by atoms with Crippen LogP contribution in [0.5, 0.6) is 0 Å². The SMILES string of the molecule is Nc1cn(C2CCCC2)nc1-c1ccoc1. The molecule has 2 aromatic rings. The van der Waals surface area contributed by atoms with Crippen LogP contribution >= 0.6 is 0 Å². The molecule has 0 aliphatic heterocycles. The van der Waals surface area contributed by atoms with Gasteiger partial charge in [0.2, 0.25) is 0 Å². The molecule has 1 aliphatic carbocycles. The maximum absolute atomic E-state index is 5.98. The van der Waals surface area contributed by atoms with Gasteiger partial charge in [0.05, 0.1) is 24.3 Å². The van der Waals surface area contributed by atoms with Crippen molar-refractivity contribution in [3.05, 3.63) is 24.8 Å². The minimum atomic E-state index is 0.531. The summed E-state index contributed by atoms with van der Waals surface area (Å²) in [6.45, 7) is 0. The first kappa shape index (κ1) is 9.51. The molecule has 2 N–H and O–H groups in total. The van der Waals surface area contributed by atoms with E-state index in [4.69, 9.17) is 10.2 Å². The van der Waals surface area contributed by atoms with Gasteiger partial charge in [0, 0.05) is 11.8 Å². The monoisotopic (exact) mass is 217 g/mol. The zero-order valence-electron chi connectivity index (χ0n) is 9.10. The Balaban J connectivity index is 1.95. The van der Waals surface area contributed by atoms with Gasteiger partial charge in [0.15, 0.2) is 0 Å². The molecule has 0 atom stereocenters. The van der Waals surface area contributed by atoms with E-state index in [9.17, 15) is 0 Å². The molecule has 2 aromatic heterocycles. The number of furan rings is 1. The predicted octanol–water partition coefficient (Wildman–Crippen LogP) is 2.84. The van der Waals surface area contributed by atoms with Gasteiger partial charge in [-0.1, -0.05) is 12.8 Å². The molecule has 1 fully saturated rings. The Hall–Kier alpha value is -1.71. The maximum atomic E-state index is 5.98. The minimum Gasteiger partial charge on any atom is -0.472 e. The van der Waals surface area contributed by atoms with Crippen LogP contribution in [0.15, 0.2) is 29.2 Å². The van der Waals surface area contributed by atoms with Crippen LogP contribution in [0.25, 0.3) is 11.3 Å². The highest BCUT2D eigenvalue weighted by Crippen LogP contribution is 2.32. The summed E-state index contributed by atoms with van der Waals surface area (Å²) in [7, 11) is 0. The Bertz CT molecular complexity index is 466. The topological polar surface area (TPSA) is 57.0 Å². The molecular formula is C12H15N3O. The molecule has 2 heterocycles. The summed E-state index contributed by atoms with van der Waals surface area (Å²) in [6.07, 6.45) is 10.3. The fourth-order valence-electron chi connectivity index (χ4n) is 2.39. The second-order valence-electron chi connectivity index (χ2n) is 4.36. The van der Waals surface area contributed by atoms with Crippen LogP contribution in [-0.2, 0) is 0 Å². The van der Waals surface area contributed by atoms with Gasteiger partial charge in [-0.3, -0.25) is 4.68 Å². The molecule has 1 saturated carbocycles. The first-order valence-electron chi connectivity index (χ1n) is 5.72. The lowest BCUT2D eigenvalue weighted by molar-refractivity contribution is 0.468. The van der Waals surface area contributed by atoms with Crippen LogP contribution in [-0.4, -0.2) is 9.78 Å². The molecule has 1 aliphatic rings. The molecule has 4 heteroatoms. The third-order valence-corrected chi connectivity index (χ3v) is 3.25. The molecule has 84 valence electrons.